The van der Waals surface area contributed by atoms with Gasteiger partial charge >= 0.3 is 6.03 Å². The van der Waals surface area contributed by atoms with Crippen molar-refractivity contribution >= 4 is 17.4 Å². The van der Waals surface area contributed by atoms with Crippen LogP contribution in [0.4, 0.5) is 4.79 Å². The second-order valence-corrected chi connectivity index (χ2v) is 6.50. The Morgan fingerprint density at radius 2 is 1.58 bits per heavy atom. The number of aromatic nitrogens is 1. The van der Waals surface area contributed by atoms with E-state index in [1.807, 2.05) is 67.6 Å². The fraction of sp³-hybridized carbons (Fsp3) is 0.158. The number of hydrogen-bond acceptors (Lipinski definition) is 3. The monoisotopic (exact) mass is 337 g/mol. The number of amides is 2. The first kappa shape index (κ1) is 16.2. The maximum Gasteiger partial charge on any atom is 0.315 e. The van der Waals surface area contributed by atoms with E-state index in [2.05, 4.69) is 15.6 Å². The van der Waals surface area contributed by atoms with Gasteiger partial charge in [0.05, 0.1) is 12.2 Å². The van der Waals surface area contributed by atoms with Crippen LogP contribution >= 0.6 is 11.3 Å². The number of hydrogen-bond donors (Lipinski definition) is 2. The summed E-state index contributed by atoms with van der Waals surface area (Å²) >= 11 is 1.62. The molecule has 0 radical (unpaired) electrons. The van der Waals surface area contributed by atoms with Crippen LogP contribution < -0.4 is 10.6 Å². The minimum absolute atomic E-state index is 0.173. The van der Waals surface area contributed by atoms with Crippen molar-refractivity contribution in [3.05, 3.63) is 76.8 Å². The molecule has 3 aromatic rings. The summed E-state index contributed by atoms with van der Waals surface area (Å²) in [5.41, 5.74) is 3.14. The lowest BCUT2D eigenvalue weighted by Crippen LogP contribution is -2.34. The largest absolute Gasteiger partial charge is 0.334 e. The van der Waals surface area contributed by atoms with Crippen molar-refractivity contribution in [2.75, 3.05) is 0 Å². The minimum Gasteiger partial charge on any atom is -0.334 e. The van der Waals surface area contributed by atoms with Gasteiger partial charge in [-0.2, -0.15) is 0 Å². The van der Waals surface area contributed by atoms with E-state index in [-0.39, 0.29) is 6.03 Å². The predicted molar refractivity (Wildman–Crippen MR) is 97.8 cm³/mol. The van der Waals surface area contributed by atoms with Crippen molar-refractivity contribution in [3.63, 3.8) is 0 Å². The summed E-state index contributed by atoms with van der Waals surface area (Å²) in [7, 11) is 0. The van der Waals surface area contributed by atoms with Crippen molar-refractivity contribution in [2.45, 2.75) is 20.0 Å². The highest BCUT2D eigenvalue weighted by atomic mass is 32.1. The lowest BCUT2D eigenvalue weighted by Gasteiger charge is -2.07. The van der Waals surface area contributed by atoms with E-state index in [0.717, 1.165) is 26.7 Å². The summed E-state index contributed by atoms with van der Waals surface area (Å²) in [6.07, 6.45) is 0. The van der Waals surface area contributed by atoms with Gasteiger partial charge in [0.15, 0.2) is 0 Å². The van der Waals surface area contributed by atoms with Gasteiger partial charge in [0.1, 0.15) is 5.01 Å². The Bertz CT molecular complexity index is 800. The minimum atomic E-state index is -0.173. The van der Waals surface area contributed by atoms with Crippen LogP contribution in [-0.2, 0) is 13.1 Å². The molecule has 0 spiro atoms. The number of benzene rings is 2. The smallest absolute Gasteiger partial charge is 0.315 e. The summed E-state index contributed by atoms with van der Waals surface area (Å²) in [6.45, 7) is 2.97. The van der Waals surface area contributed by atoms with Crippen molar-refractivity contribution < 1.29 is 4.79 Å². The molecule has 1 heterocycles. The summed E-state index contributed by atoms with van der Waals surface area (Å²) in [5, 5.41) is 6.74. The van der Waals surface area contributed by atoms with Crippen LogP contribution in [0.15, 0.2) is 60.7 Å². The second-order valence-electron chi connectivity index (χ2n) is 5.42. The molecule has 0 saturated heterocycles. The third-order valence-corrected chi connectivity index (χ3v) is 4.83. The highest BCUT2D eigenvalue weighted by molar-refractivity contribution is 7.15. The van der Waals surface area contributed by atoms with E-state index in [1.54, 1.807) is 11.3 Å². The quantitative estimate of drug-likeness (QED) is 0.736. The fourth-order valence-electron chi connectivity index (χ4n) is 2.30. The molecule has 2 amide bonds. The zero-order chi connectivity index (χ0) is 16.8. The fourth-order valence-corrected chi connectivity index (χ4v) is 3.31. The number of thiazole rings is 1. The standard InChI is InChI=1S/C19H19N3OS/c1-14-17(24-18(22-14)16-10-6-3-7-11-16)13-21-19(23)20-12-15-8-4-2-5-9-15/h2-11H,12-13H2,1H3,(H2,20,21,23). The summed E-state index contributed by atoms with van der Waals surface area (Å²) in [4.78, 5) is 17.6. The van der Waals surface area contributed by atoms with Crippen LogP contribution in [0.1, 0.15) is 16.1 Å². The topological polar surface area (TPSA) is 54.0 Å². The Labute approximate surface area is 145 Å². The van der Waals surface area contributed by atoms with Crippen molar-refractivity contribution in [3.8, 4) is 10.6 Å². The molecule has 0 unspecified atom stereocenters. The molecule has 5 heteroatoms. The average molecular weight is 337 g/mol. The van der Waals surface area contributed by atoms with Crippen molar-refractivity contribution in [1.82, 2.24) is 15.6 Å². The van der Waals surface area contributed by atoms with Gasteiger partial charge in [0, 0.05) is 17.0 Å². The predicted octanol–water partition coefficient (Wildman–Crippen LogP) is 4.12. The zero-order valence-corrected chi connectivity index (χ0v) is 14.3. The number of nitrogens with zero attached hydrogens (tertiary/aromatic N) is 1. The lowest BCUT2D eigenvalue weighted by atomic mass is 10.2. The Morgan fingerprint density at radius 3 is 2.29 bits per heavy atom. The molecule has 0 aliphatic carbocycles. The van der Waals surface area contributed by atoms with E-state index in [9.17, 15) is 4.79 Å². The maximum absolute atomic E-state index is 11.9. The molecular weight excluding hydrogens is 318 g/mol. The molecule has 2 aromatic carbocycles. The molecule has 24 heavy (non-hydrogen) atoms. The molecule has 0 saturated carbocycles. The third-order valence-electron chi connectivity index (χ3n) is 3.62. The van der Waals surface area contributed by atoms with Gasteiger partial charge in [-0.1, -0.05) is 60.7 Å². The normalized spacial score (nSPS) is 10.4. The molecule has 0 aliphatic heterocycles. The van der Waals surface area contributed by atoms with Gasteiger partial charge in [-0.15, -0.1) is 11.3 Å². The van der Waals surface area contributed by atoms with Crippen LogP contribution in [-0.4, -0.2) is 11.0 Å². The second kappa shape index (κ2) is 7.75. The molecule has 4 nitrogen and oxygen atoms in total. The van der Waals surface area contributed by atoms with Gasteiger partial charge in [0.25, 0.3) is 0 Å². The SMILES string of the molecule is Cc1nc(-c2ccccc2)sc1CNC(=O)NCc1ccccc1. The van der Waals surface area contributed by atoms with Gasteiger partial charge < -0.3 is 10.6 Å². The number of rotatable bonds is 5. The van der Waals surface area contributed by atoms with Gasteiger partial charge in [0.2, 0.25) is 0 Å². The molecule has 0 atom stereocenters. The lowest BCUT2D eigenvalue weighted by molar-refractivity contribution is 0.240. The van der Waals surface area contributed by atoms with Crippen LogP contribution in [0.25, 0.3) is 10.6 Å². The summed E-state index contributed by atoms with van der Waals surface area (Å²) in [6, 6.07) is 19.8. The number of nitrogens with one attached hydrogen (secondary N) is 2. The maximum atomic E-state index is 11.9. The number of aryl methyl sites for hydroxylation is 1. The van der Waals surface area contributed by atoms with E-state index in [4.69, 9.17) is 0 Å². The van der Waals surface area contributed by atoms with Gasteiger partial charge in [-0.3, -0.25) is 0 Å². The number of carbonyl (C=O) groups excluding carboxylic acids is 1. The Kier molecular flexibility index (Phi) is 5.23. The third kappa shape index (κ3) is 4.20. The highest BCUT2D eigenvalue weighted by Crippen LogP contribution is 2.27. The number of carbonyl (C=O) groups is 1. The summed E-state index contributed by atoms with van der Waals surface area (Å²) in [5.74, 6) is 0. The molecule has 0 fully saturated rings. The molecule has 2 N–H and O–H groups in total. The van der Waals surface area contributed by atoms with Crippen molar-refractivity contribution in [2.24, 2.45) is 0 Å². The van der Waals surface area contributed by atoms with Gasteiger partial charge in [-0.05, 0) is 12.5 Å². The van der Waals surface area contributed by atoms with Crippen LogP contribution in [0.5, 0.6) is 0 Å². The average Bonchev–Trinajstić information content (AvgIpc) is 3.01. The zero-order valence-electron chi connectivity index (χ0n) is 13.5. The molecule has 0 bridgehead atoms. The van der Waals surface area contributed by atoms with Gasteiger partial charge in [-0.25, -0.2) is 9.78 Å². The van der Waals surface area contributed by atoms with Crippen LogP contribution in [0.2, 0.25) is 0 Å². The molecular formula is C19H19N3OS. The Morgan fingerprint density at radius 1 is 0.958 bits per heavy atom. The Balaban J connectivity index is 1.55. The Hall–Kier alpha value is -2.66. The van der Waals surface area contributed by atoms with Crippen LogP contribution in [0.3, 0.4) is 0 Å². The van der Waals surface area contributed by atoms with Crippen molar-refractivity contribution in [1.29, 1.82) is 0 Å². The first-order valence-electron chi connectivity index (χ1n) is 7.80. The van der Waals surface area contributed by atoms with Crippen LogP contribution in [0, 0.1) is 6.92 Å². The van der Waals surface area contributed by atoms with E-state index in [1.165, 1.54) is 0 Å². The van der Waals surface area contributed by atoms with E-state index in [0.29, 0.717) is 13.1 Å². The highest BCUT2D eigenvalue weighted by Gasteiger charge is 2.10. The first-order chi connectivity index (χ1) is 11.7. The molecule has 1 aromatic heterocycles. The molecule has 122 valence electrons. The van der Waals surface area contributed by atoms with E-state index < -0.39 is 0 Å². The number of urea groups is 1. The molecule has 0 aliphatic rings. The van der Waals surface area contributed by atoms with E-state index >= 15 is 0 Å². The summed E-state index contributed by atoms with van der Waals surface area (Å²) < 4.78 is 0. The first-order valence-corrected chi connectivity index (χ1v) is 8.61. The molecule has 3 rings (SSSR count).